The molecule has 6 nitrogen and oxygen atoms in total. The van der Waals surface area contributed by atoms with Crippen LogP contribution in [0.1, 0.15) is 23.7 Å². The number of nitrogens with one attached hydrogen (secondary N) is 2. The summed E-state index contributed by atoms with van der Waals surface area (Å²) in [4.78, 5) is 22.7. The van der Waals surface area contributed by atoms with Crippen molar-refractivity contribution in [2.75, 3.05) is 25.5 Å². The van der Waals surface area contributed by atoms with Gasteiger partial charge in [-0.2, -0.15) is 0 Å². The maximum atomic E-state index is 11.6. The minimum atomic E-state index is -1.12. The molecule has 6 heteroatoms. The maximum absolute atomic E-state index is 11.6. The van der Waals surface area contributed by atoms with Gasteiger partial charge in [0, 0.05) is 0 Å². The Morgan fingerprint density at radius 2 is 2.11 bits per heavy atom. The Kier molecular flexibility index (Phi) is 5.81. The van der Waals surface area contributed by atoms with Gasteiger partial charge in [-0.25, -0.2) is 4.79 Å². The number of carboxylic acids is 1. The third kappa shape index (κ3) is 4.59. The van der Waals surface area contributed by atoms with Crippen molar-refractivity contribution in [2.24, 2.45) is 0 Å². The summed E-state index contributed by atoms with van der Waals surface area (Å²) in [5.74, 6) is -0.962. The van der Waals surface area contributed by atoms with Crippen LogP contribution >= 0.6 is 0 Å². The minimum absolute atomic E-state index is 0.00296. The van der Waals surface area contributed by atoms with Gasteiger partial charge in [0.15, 0.2) is 0 Å². The fourth-order valence-corrected chi connectivity index (χ4v) is 1.51. The van der Waals surface area contributed by atoms with Crippen molar-refractivity contribution in [3.05, 3.63) is 23.8 Å². The highest BCUT2D eigenvalue weighted by atomic mass is 16.5. The number of carbonyl (C=O) groups excluding carboxylic acids is 1. The molecule has 0 unspecified atom stereocenters. The topological polar surface area (TPSA) is 87.7 Å². The fourth-order valence-electron chi connectivity index (χ4n) is 1.51. The van der Waals surface area contributed by atoms with E-state index in [1.165, 1.54) is 19.2 Å². The number of amides is 1. The molecule has 1 rings (SSSR count). The lowest BCUT2D eigenvalue weighted by Crippen LogP contribution is -2.29. The van der Waals surface area contributed by atoms with Gasteiger partial charge in [-0.1, -0.05) is 6.92 Å². The average molecular weight is 266 g/mol. The van der Waals surface area contributed by atoms with E-state index in [-0.39, 0.29) is 23.7 Å². The molecule has 0 spiro atoms. The molecule has 0 bridgehead atoms. The largest absolute Gasteiger partial charge is 0.497 e. The van der Waals surface area contributed by atoms with E-state index >= 15 is 0 Å². The molecule has 104 valence electrons. The second-order valence-corrected chi connectivity index (χ2v) is 3.94. The minimum Gasteiger partial charge on any atom is -0.497 e. The van der Waals surface area contributed by atoms with E-state index in [9.17, 15) is 9.59 Å². The predicted octanol–water partition coefficient (Wildman–Crippen LogP) is 1.33. The summed E-state index contributed by atoms with van der Waals surface area (Å²) in [6, 6.07) is 4.49. The van der Waals surface area contributed by atoms with Gasteiger partial charge in [-0.15, -0.1) is 0 Å². The van der Waals surface area contributed by atoms with Crippen LogP contribution in [0.4, 0.5) is 5.69 Å². The third-order valence-electron chi connectivity index (χ3n) is 2.44. The molecule has 0 fully saturated rings. The standard InChI is InChI=1S/C13H18N2O4/c1-3-6-14-8-12(16)15-11-5-4-9(19-2)7-10(11)13(17)18/h4-5,7,14H,3,6,8H2,1-2H3,(H,15,16)(H,17,18). The Morgan fingerprint density at radius 1 is 1.37 bits per heavy atom. The number of hydrogen-bond donors (Lipinski definition) is 3. The first-order valence-corrected chi connectivity index (χ1v) is 6.00. The van der Waals surface area contributed by atoms with E-state index in [4.69, 9.17) is 9.84 Å². The van der Waals surface area contributed by atoms with Gasteiger partial charge in [0.05, 0.1) is 24.9 Å². The lowest BCUT2D eigenvalue weighted by molar-refractivity contribution is -0.115. The average Bonchev–Trinajstić information content (AvgIpc) is 2.39. The van der Waals surface area contributed by atoms with Crippen molar-refractivity contribution >= 4 is 17.6 Å². The molecule has 0 saturated heterocycles. The number of benzene rings is 1. The number of hydrogen-bond acceptors (Lipinski definition) is 4. The zero-order valence-electron chi connectivity index (χ0n) is 11.0. The van der Waals surface area contributed by atoms with Crippen LogP contribution in [0.2, 0.25) is 0 Å². The molecule has 19 heavy (non-hydrogen) atoms. The summed E-state index contributed by atoms with van der Waals surface area (Å²) in [6.45, 7) is 2.89. The summed E-state index contributed by atoms with van der Waals surface area (Å²) in [5.41, 5.74) is 0.264. The summed E-state index contributed by atoms with van der Waals surface area (Å²) < 4.78 is 4.96. The number of rotatable bonds is 7. The van der Waals surface area contributed by atoms with Crippen molar-refractivity contribution in [3.63, 3.8) is 0 Å². The van der Waals surface area contributed by atoms with Crippen LogP contribution in [-0.2, 0) is 4.79 Å². The number of aromatic carboxylic acids is 1. The van der Waals surface area contributed by atoms with E-state index in [2.05, 4.69) is 10.6 Å². The van der Waals surface area contributed by atoms with E-state index in [1.807, 2.05) is 6.92 Å². The monoisotopic (exact) mass is 266 g/mol. The Balaban J connectivity index is 2.77. The van der Waals surface area contributed by atoms with Crippen LogP contribution in [0.5, 0.6) is 5.75 Å². The SMILES string of the molecule is CCCNCC(=O)Nc1ccc(OC)cc1C(=O)O. The number of carbonyl (C=O) groups is 2. The molecular formula is C13H18N2O4. The normalized spacial score (nSPS) is 10.0. The first kappa shape index (κ1) is 15.0. The van der Waals surface area contributed by atoms with E-state index in [1.54, 1.807) is 6.07 Å². The van der Waals surface area contributed by atoms with E-state index in [0.717, 1.165) is 13.0 Å². The van der Waals surface area contributed by atoms with Crippen LogP contribution in [0, 0.1) is 0 Å². The molecule has 0 heterocycles. The van der Waals surface area contributed by atoms with Crippen LogP contribution in [0.3, 0.4) is 0 Å². The van der Waals surface area contributed by atoms with Crippen LogP contribution in [-0.4, -0.2) is 37.2 Å². The number of carboxylic acid groups (broad SMARTS) is 1. The molecular weight excluding hydrogens is 248 g/mol. The molecule has 0 aliphatic carbocycles. The molecule has 3 N–H and O–H groups in total. The van der Waals surface area contributed by atoms with Crippen molar-refractivity contribution in [3.8, 4) is 5.75 Å². The Bertz CT molecular complexity index is 460. The smallest absolute Gasteiger partial charge is 0.337 e. The van der Waals surface area contributed by atoms with E-state index < -0.39 is 5.97 Å². The highest BCUT2D eigenvalue weighted by Crippen LogP contribution is 2.21. The maximum Gasteiger partial charge on any atom is 0.337 e. The number of anilines is 1. The summed E-state index contributed by atoms with van der Waals surface area (Å²) in [6.07, 6.45) is 0.927. The van der Waals surface area contributed by atoms with Crippen molar-refractivity contribution in [1.82, 2.24) is 5.32 Å². The molecule has 0 radical (unpaired) electrons. The zero-order chi connectivity index (χ0) is 14.3. The van der Waals surface area contributed by atoms with E-state index in [0.29, 0.717) is 5.75 Å². The zero-order valence-corrected chi connectivity index (χ0v) is 11.0. The quantitative estimate of drug-likeness (QED) is 0.648. The van der Waals surface area contributed by atoms with Crippen molar-refractivity contribution in [2.45, 2.75) is 13.3 Å². The Hall–Kier alpha value is -2.08. The lowest BCUT2D eigenvalue weighted by atomic mass is 10.1. The predicted molar refractivity (Wildman–Crippen MR) is 71.7 cm³/mol. The van der Waals surface area contributed by atoms with Crippen LogP contribution in [0.15, 0.2) is 18.2 Å². The summed E-state index contributed by atoms with van der Waals surface area (Å²) in [7, 11) is 1.45. The van der Waals surface area contributed by atoms with Gasteiger partial charge >= 0.3 is 5.97 Å². The van der Waals surface area contributed by atoms with Gasteiger partial charge in [0.2, 0.25) is 5.91 Å². The number of methoxy groups -OCH3 is 1. The molecule has 0 aliphatic heterocycles. The highest BCUT2D eigenvalue weighted by molar-refractivity contribution is 6.01. The van der Waals surface area contributed by atoms with Gasteiger partial charge < -0.3 is 20.5 Å². The Morgan fingerprint density at radius 3 is 2.68 bits per heavy atom. The first-order chi connectivity index (χ1) is 9.08. The van der Waals surface area contributed by atoms with Crippen molar-refractivity contribution in [1.29, 1.82) is 0 Å². The molecule has 0 atom stereocenters. The van der Waals surface area contributed by atoms with Gasteiger partial charge in [0.1, 0.15) is 5.75 Å². The second-order valence-electron chi connectivity index (χ2n) is 3.94. The van der Waals surface area contributed by atoms with Crippen LogP contribution in [0.25, 0.3) is 0 Å². The number of ether oxygens (including phenoxy) is 1. The molecule has 0 saturated carbocycles. The summed E-state index contributed by atoms with van der Waals surface area (Å²) in [5, 5.41) is 14.6. The molecule has 1 aromatic rings. The van der Waals surface area contributed by atoms with Crippen LogP contribution < -0.4 is 15.4 Å². The Labute approximate surface area is 111 Å². The fraction of sp³-hybridized carbons (Fsp3) is 0.385. The first-order valence-electron chi connectivity index (χ1n) is 6.00. The van der Waals surface area contributed by atoms with Gasteiger partial charge in [-0.05, 0) is 31.2 Å². The highest BCUT2D eigenvalue weighted by Gasteiger charge is 2.13. The molecule has 1 aromatic carbocycles. The summed E-state index contributed by atoms with van der Waals surface area (Å²) >= 11 is 0. The lowest BCUT2D eigenvalue weighted by Gasteiger charge is -2.10. The van der Waals surface area contributed by atoms with Crippen molar-refractivity contribution < 1.29 is 19.4 Å². The molecule has 1 amide bonds. The molecule has 0 aromatic heterocycles. The van der Waals surface area contributed by atoms with Gasteiger partial charge in [-0.3, -0.25) is 4.79 Å². The second kappa shape index (κ2) is 7.38. The van der Waals surface area contributed by atoms with Gasteiger partial charge in [0.25, 0.3) is 0 Å². The molecule has 0 aliphatic rings. The third-order valence-corrected chi connectivity index (χ3v) is 2.44.